The SMILES string of the molecule is COc1cccc(CN2CC3(C)OC(C)(C2)[C@@H]2C(=O)N(c4ccc(C#N)c(C(F)(F)F)c4)C(=O)C23)c1. The van der Waals surface area contributed by atoms with Crippen LogP contribution in [0.4, 0.5) is 18.9 Å². The van der Waals surface area contributed by atoms with Crippen molar-refractivity contribution in [2.45, 2.75) is 37.8 Å². The van der Waals surface area contributed by atoms with Crippen LogP contribution in [0.1, 0.15) is 30.5 Å². The Bertz CT molecular complexity index is 1270. The fraction of sp³-hybridized carbons (Fsp3) is 0.423. The molecule has 0 radical (unpaired) electrons. The van der Waals surface area contributed by atoms with Crippen molar-refractivity contribution in [2.75, 3.05) is 25.1 Å². The van der Waals surface area contributed by atoms with Crippen LogP contribution in [0.3, 0.4) is 0 Å². The maximum Gasteiger partial charge on any atom is 0.417 e. The van der Waals surface area contributed by atoms with Gasteiger partial charge in [0.1, 0.15) is 5.75 Å². The first kappa shape index (κ1) is 24.3. The molecule has 7 nitrogen and oxygen atoms in total. The molecular formula is C26H24F3N3O4. The Kier molecular flexibility index (Phi) is 5.43. The van der Waals surface area contributed by atoms with Gasteiger partial charge in [-0.05, 0) is 49.7 Å². The van der Waals surface area contributed by atoms with Gasteiger partial charge in [0.15, 0.2) is 0 Å². The van der Waals surface area contributed by atoms with Gasteiger partial charge in [0.05, 0.1) is 53.0 Å². The summed E-state index contributed by atoms with van der Waals surface area (Å²) in [7, 11) is 1.59. The highest BCUT2D eigenvalue weighted by molar-refractivity contribution is 6.23. The van der Waals surface area contributed by atoms with Gasteiger partial charge >= 0.3 is 6.18 Å². The van der Waals surface area contributed by atoms with E-state index in [0.717, 1.165) is 22.3 Å². The zero-order chi connectivity index (χ0) is 26.0. The lowest BCUT2D eigenvalue weighted by Gasteiger charge is -2.45. The summed E-state index contributed by atoms with van der Waals surface area (Å²) in [5, 5.41) is 9.08. The second-order valence-corrected chi connectivity index (χ2v) is 10.0. The molecule has 0 N–H and O–H groups in total. The third-order valence-electron chi connectivity index (χ3n) is 7.39. The number of fused-ring (bicyclic) bond motifs is 5. The highest BCUT2D eigenvalue weighted by Crippen LogP contribution is 2.55. The van der Waals surface area contributed by atoms with Gasteiger partial charge in [-0.3, -0.25) is 14.5 Å². The zero-order valence-corrected chi connectivity index (χ0v) is 19.9. The smallest absolute Gasteiger partial charge is 0.417 e. The number of likely N-dealkylation sites (tertiary alicyclic amines) is 1. The summed E-state index contributed by atoms with van der Waals surface area (Å²) < 4.78 is 52.2. The predicted octanol–water partition coefficient (Wildman–Crippen LogP) is 3.75. The quantitative estimate of drug-likeness (QED) is 0.596. The van der Waals surface area contributed by atoms with Gasteiger partial charge in [-0.1, -0.05) is 12.1 Å². The number of imide groups is 1. The molecule has 3 saturated heterocycles. The number of alkyl halides is 3. The largest absolute Gasteiger partial charge is 0.497 e. The normalized spacial score (nSPS) is 29.9. The lowest BCUT2D eigenvalue weighted by atomic mass is 9.79. The number of ether oxygens (including phenoxy) is 2. The van der Waals surface area contributed by atoms with Crippen LogP contribution in [-0.2, 0) is 27.0 Å². The topological polar surface area (TPSA) is 82.9 Å². The number of hydrogen-bond acceptors (Lipinski definition) is 6. The number of benzene rings is 2. The highest BCUT2D eigenvalue weighted by Gasteiger charge is 2.71. The van der Waals surface area contributed by atoms with E-state index in [4.69, 9.17) is 14.7 Å². The Hall–Kier alpha value is -3.42. The van der Waals surface area contributed by atoms with Gasteiger partial charge in [-0.25, -0.2) is 4.90 Å². The fourth-order valence-electron chi connectivity index (χ4n) is 6.16. The number of methoxy groups -OCH3 is 1. The standard InChI is InChI=1S/C26H24F3N3O4/c1-24-13-31(12-15-5-4-6-18(9-15)35-3)14-25(2,36-24)21-20(24)22(33)32(23(21)34)17-8-7-16(11-30)19(10-17)26(27,28)29/h4-10,20-21H,12-14H2,1-3H3/t20-,21?,24?,25?/m0/s1. The Morgan fingerprint density at radius 2 is 1.72 bits per heavy atom. The minimum Gasteiger partial charge on any atom is -0.497 e. The third-order valence-corrected chi connectivity index (χ3v) is 7.39. The summed E-state index contributed by atoms with van der Waals surface area (Å²) in [6.45, 7) is 4.86. The number of hydrogen-bond donors (Lipinski definition) is 0. The van der Waals surface area contributed by atoms with Crippen LogP contribution in [0.2, 0.25) is 0 Å². The first-order valence-corrected chi connectivity index (χ1v) is 11.4. The molecule has 0 saturated carbocycles. The number of nitriles is 1. The molecule has 10 heteroatoms. The maximum absolute atomic E-state index is 13.6. The first-order chi connectivity index (χ1) is 16.9. The van der Waals surface area contributed by atoms with E-state index in [0.29, 0.717) is 25.7 Å². The Morgan fingerprint density at radius 1 is 1.08 bits per heavy atom. The van der Waals surface area contributed by atoms with Crippen molar-refractivity contribution in [1.29, 1.82) is 5.26 Å². The Labute approximate surface area is 206 Å². The number of halogens is 3. The molecule has 3 aliphatic heterocycles. The summed E-state index contributed by atoms with van der Waals surface area (Å²) in [5.41, 5.74) is -2.94. The van der Waals surface area contributed by atoms with Crippen LogP contribution in [0.15, 0.2) is 42.5 Å². The van der Waals surface area contributed by atoms with Crippen LogP contribution in [0, 0.1) is 23.2 Å². The van der Waals surface area contributed by atoms with Crippen molar-refractivity contribution in [3.63, 3.8) is 0 Å². The van der Waals surface area contributed by atoms with E-state index >= 15 is 0 Å². The van der Waals surface area contributed by atoms with Gasteiger partial charge in [0.2, 0.25) is 11.8 Å². The van der Waals surface area contributed by atoms with Crippen LogP contribution in [0.5, 0.6) is 5.75 Å². The van der Waals surface area contributed by atoms with E-state index in [-0.39, 0.29) is 5.69 Å². The van der Waals surface area contributed by atoms with Crippen molar-refractivity contribution >= 4 is 17.5 Å². The molecule has 3 unspecified atom stereocenters. The van der Waals surface area contributed by atoms with Crippen LogP contribution in [0.25, 0.3) is 0 Å². The van der Waals surface area contributed by atoms with E-state index in [2.05, 4.69) is 4.90 Å². The molecule has 0 aliphatic carbocycles. The van der Waals surface area contributed by atoms with Crippen molar-refractivity contribution in [3.05, 3.63) is 59.2 Å². The number of rotatable bonds is 4. The van der Waals surface area contributed by atoms with Gasteiger partial charge in [0, 0.05) is 19.6 Å². The number of anilines is 1. The molecular weight excluding hydrogens is 475 g/mol. The Morgan fingerprint density at radius 3 is 2.28 bits per heavy atom. The summed E-state index contributed by atoms with van der Waals surface area (Å²) in [6.07, 6.45) is -4.80. The van der Waals surface area contributed by atoms with E-state index in [1.165, 1.54) is 12.1 Å². The molecule has 3 aliphatic rings. The molecule has 0 aromatic heterocycles. The molecule has 5 rings (SSSR count). The molecule has 2 bridgehead atoms. The summed E-state index contributed by atoms with van der Waals surface area (Å²) >= 11 is 0. The predicted molar refractivity (Wildman–Crippen MR) is 122 cm³/mol. The van der Waals surface area contributed by atoms with Crippen molar-refractivity contribution in [3.8, 4) is 11.8 Å². The fourth-order valence-corrected chi connectivity index (χ4v) is 6.16. The van der Waals surface area contributed by atoms with Gasteiger partial charge < -0.3 is 9.47 Å². The van der Waals surface area contributed by atoms with Gasteiger partial charge in [-0.15, -0.1) is 0 Å². The number of morpholine rings is 1. The van der Waals surface area contributed by atoms with E-state index in [9.17, 15) is 22.8 Å². The van der Waals surface area contributed by atoms with Crippen molar-refractivity contribution in [2.24, 2.45) is 11.8 Å². The lowest BCUT2D eigenvalue weighted by Crippen LogP contribution is -2.57. The highest BCUT2D eigenvalue weighted by atomic mass is 19.4. The van der Waals surface area contributed by atoms with Crippen molar-refractivity contribution in [1.82, 2.24) is 4.90 Å². The minimum atomic E-state index is -4.80. The number of carbonyl (C=O) groups is 2. The average molecular weight is 499 g/mol. The molecule has 3 heterocycles. The maximum atomic E-state index is 13.6. The molecule has 4 atom stereocenters. The number of carbonyl (C=O) groups excluding carboxylic acids is 2. The molecule has 2 aromatic rings. The summed E-state index contributed by atoms with van der Waals surface area (Å²) in [5.74, 6) is -2.13. The minimum absolute atomic E-state index is 0.191. The molecule has 3 fully saturated rings. The molecule has 36 heavy (non-hydrogen) atoms. The Balaban J connectivity index is 1.47. The monoisotopic (exact) mass is 499 g/mol. The zero-order valence-electron chi connectivity index (χ0n) is 19.9. The van der Waals surface area contributed by atoms with E-state index < -0.39 is 52.2 Å². The van der Waals surface area contributed by atoms with Crippen molar-refractivity contribution < 1.29 is 32.2 Å². The molecule has 2 amide bonds. The van der Waals surface area contributed by atoms with E-state index in [1.54, 1.807) is 21.0 Å². The second-order valence-electron chi connectivity index (χ2n) is 10.0. The third kappa shape index (κ3) is 3.65. The lowest BCUT2D eigenvalue weighted by molar-refractivity contribution is -0.170. The number of nitrogens with zero attached hydrogens (tertiary/aromatic N) is 3. The molecule has 188 valence electrons. The van der Waals surface area contributed by atoms with Crippen LogP contribution in [-0.4, -0.2) is 48.1 Å². The number of amides is 2. The van der Waals surface area contributed by atoms with Crippen LogP contribution >= 0.6 is 0 Å². The molecule has 0 spiro atoms. The molecule has 2 aromatic carbocycles. The van der Waals surface area contributed by atoms with Gasteiger partial charge in [0.25, 0.3) is 0 Å². The summed E-state index contributed by atoms with van der Waals surface area (Å²) in [6, 6.07) is 12.0. The van der Waals surface area contributed by atoms with Crippen LogP contribution < -0.4 is 9.64 Å². The first-order valence-electron chi connectivity index (χ1n) is 11.4. The second kappa shape index (κ2) is 8.05. The van der Waals surface area contributed by atoms with Gasteiger partial charge in [-0.2, -0.15) is 18.4 Å². The summed E-state index contributed by atoms with van der Waals surface area (Å²) in [4.78, 5) is 30.2. The van der Waals surface area contributed by atoms with E-state index in [1.807, 2.05) is 24.3 Å². The average Bonchev–Trinajstić information content (AvgIpc) is 3.18.